The molecule has 1 unspecified atom stereocenters. The zero-order valence-electron chi connectivity index (χ0n) is 9.98. The average Bonchev–Trinajstić information content (AvgIpc) is 2.29. The van der Waals surface area contributed by atoms with E-state index >= 15 is 0 Å². The first-order valence-corrected chi connectivity index (χ1v) is 6.11. The number of non-ortho nitro benzene ring substituents is 1. The minimum Gasteiger partial charge on any atom is -0.490 e. The molecule has 0 heterocycles. The minimum atomic E-state index is -0.435. The third kappa shape index (κ3) is 3.89. The van der Waals surface area contributed by atoms with Gasteiger partial charge in [0.05, 0.1) is 16.9 Å². The standard InChI is InChI=1S/C12H16ClNO3/c1-3-4-9(2)17-12-6-5-11(14(15)16)7-10(12)8-13/h5-7,9H,3-4,8H2,1-2H3. The summed E-state index contributed by atoms with van der Waals surface area (Å²) in [4.78, 5) is 10.2. The van der Waals surface area contributed by atoms with Gasteiger partial charge in [0.2, 0.25) is 0 Å². The van der Waals surface area contributed by atoms with Gasteiger partial charge < -0.3 is 4.74 Å². The number of nitro groups is 1. The summed E-state index contributed by atoms with van der Waals surface area (Å²) in [6.07, 6.45) is 2.06. The van der Waals surface area contributed by atoms with Crippen LogP contribution < -0.4 is 4.74 Å². The smallest absolute Gasteiger partial charge is 0.270 e. The van der Waals surface area contributed by atoms with E-state index in [9.17, 15) is 10.1 Å². The van der Waals surface area contributed by atoms with E-state index in [1.54, 1.807) is 6.07 Å². The van der Waals surface area contributed by atoms with Crippen molar-refractivity contribution in [1.82, 2.24) is 0 Å². The Balaban J connectivity index is 2.88. The summed E-state index contributed by atoms with van der Waals surface area (Å²) in [5.74, 6) is 0.835. The van der Waals surface area contributed by atoms with Crippen molar-refractivity contribution in [3.05, 3.63) is 33.9 Å². The minimum absolute atomic E-state index is 0.0381. The Labute approximate surface area is 106 Å². The van der Waals surface area contributed by atoms with Crippen molar-refractivity contribution in [3.63, 3.8) is 0 Å². The molecule has 0 fully saturated rings. The van der Waals surface area contributed by atoms with Gasteiger partial charge in [0.1, 0.15) is 5.75 Å². The maximum atomic E-state index is 10.6. The molecule has 1 aromatic carbocycles. The van der Waals surface area contributed by atoms with Gasteiger partial charge in [-0.2, -0.15) is 0 Å². The fraction of sp³-hybridized carbons (Fsp3) is 0.500. The number of nitro benzene ring substituents is 1. The van der Waals surface area contributed by atoms with Crippen LogP contribution in [0.25, 0.3) is 0 Å². The Bertz CT molecular complexity index is 395. The molecule has 0 aliphatic carbocycles. The molecule has 0 bridgehead atoms. The second-order valence-corrected chi connectivity index (χ2v) is 4.17. The van der Waals surface area contributed by atoms with Crippen molar-refractivity contribution in [2.45, 2.75) is 38.7 Å². The Morgan fingerprint density at radius 3 is 2.76 bits per heavy atom. The lowest BCUT2D eigenvalue weighted by atomic mass is 10.2. The van der Waals surface area contributed by atoms with Gasteiger partial charge in [-0.3, -0.25) is 10.1 Å². The van der Waals surface area contributed by atoms with Crippen LogP contribution in [0.15, 0.2) is 18.2 Å². The van der Waals surface area contributed by atoms with Crippen LogP contribution in [0.3, 0.4) is 0 Å². The Morgan fingerprint density at radius 1 is 1.53 bits per heavy atom. The van der Waals surface area contributed by atoms with E-state index in [0.29, 0.717) is 11.3 Å². The lowest BCUT2D eigenvalue weighted by molar-refractivity contribution is -0.384. The maximum Gasteiger partial charge on any atom is 0.270 e. The molecule has 0 spiro atoms. The molecule has 0 amide bonds. The number of alkyl halides is 1. The molecule has 1 rings (SSSR count). The Morgan fingerprint density at radius 2 is 2.24 bits per heavy atom. The quantitative estimate of drug-likeness (QED) is 0.441. The van der Waals surface area contributed by atoms with Crippen LogP contribution in [0.1, 0.15) is 32.3 Å². The molecule has 0 aliphatic rings. The number of benzene rings is 1. The predicted octanol–water partition coefficient (Wildman–Crippen LogP) is 3.90. The van der Waals surface area contributed by atoms with Gasteiger partial charge in [-0.15, -0.1) is 11.6 Å². The number of hydrogen-bond donors (Lipinski definition) is 0. The van der Waals surface area contributed by atoms with Crippen LogP contribution in [0.5, 0.6) is 5.75 Å². The van der Waals surface area contributed by atoms with Crippen LogP contribution in [0, 0.1) is 10.1 Å². The number of rotatable bonds is 6. The molecule has 1 aromatic rings. The molecule has 17 heavy (non-hydrogen) atoms. The molecule has 0 aliphatic heterocycles. The zero-order valence-corrected chi connectivity index (χ0v) is 10.7. The van der Waals surface area contributed by atoms with Gasteiger partial charge in [0, 0.05) is 17.7 Å². The van der Waals surface area contributed by atoms with Crippen molar-refractivity contribution in [2.75, 3.05) is 0 Å². The van der Waals surface area contributed by atoms with Gasteiger partial charge in [0.15, 0.2) is 0 Å². The lowest BCUT2D eigenvalue weighted by Gasteiger charge is -2.15. The van der Waals surface area contributed by atoms with Crippen molar-refractivity contribution in [1.29, 1.82) is 0 Å². The van der Waals surface area contributed by atoms with Crippen molar-refractivity contribution < 1.29 is 9.66 Å². The van der Waals surface area contributed by atoms with Gasteiger partial charge in [-0.1, -0.05) is 13.3 Å². The van der Waals surface area contributed by atoms with Crippen LogP contribution in [-0.4, -0.2) is 11.0 Å². The Hall–Kier alpha value is -1.29. The predicted molar refractivity (Wildman–Crippen MR) is 67.7 cm³/mol. The van der Waals surface area contributed by atoms with Crippen LogP contribution >= 0.6 is 11.6 Å². The number of nitrogens with zero attached hydrogens (tertiary/aromatic N) is 1. The van der Waals surface area contributed by atoms with Crippen LogP contribution in [0.2, 0.25) is 0 Å². The van der Waals surface area contributed by atoms with Gasteiger partial charge >= 0.3 is 0 Å². The molecule has 94 valence electrons. The van der Waals surface area contributed by atoms with Crippen LogP contribution in [-0.2, 0) is 5.88 Å². The molecule has 0 N–H and O–H groups in total. The zero-order chi connectivity index (χ0) is 12.8. The third-order valence-corrected chi connectivity index (χ3v) is 2.71. The highest BCUT2D eigenvalue weighted by Crippen LogP contribution is 2.27. The van der Waals surface area contributed by atoms with Gasteiger partial charge in [-0.25, -0.2) is 0 Å². The molecule has 0 aromatic heterocycles. The van der Waals surface area contributed by atoms with Crippen molar-refractivity contribution in [3.8, 4) is 5.75 Å². The van der Waals surface area contributed by atoms with E-state index in [4.69, 9.17) is 16.3 Å². The largest absolute Gasteiger partial charge is 0.490 e. The van der Waals surface area contributed by atoms with E-state index in [-0.39, 0.29) is 17.7 Å². The third-order valence-electron chi connectivity index (χ3n) is 2.42. The molecular weight excluding hydrogens is 242 g/mol. The molecule has 5 heteroatoms. The number of halogens is 1. The van der Waals surface area contributed by atoms with Gasteiger partial charge in [-0.05, 0) is 19.4 Å². The molecule has 0 radical (unpaired) electrons. The first-order chi connectivity index (χ1) is 8.08. The van der Waals surface area contributed by atoms with Gasteiger partial charge in [0.25, 0.3) is 5.69 Å². The van der Waals surface area contributed by atoms with Crippen LogP contribution in [0.4, 0.5) is 5.69 Å². The summed E-state index contributed by atoms with van der Waals surface area (Å²) in [6.45, 7) is 4.06. The van der Waals surface area contributed by atoms with E-state index in [0.717, 1.165) is 12.8 Å². The number of hydrogen-bond acceptors (Lipinski definition) is 3. The summed E-state index contributed by atoms with van der Waals surface area (Å²) < 4.78 is 5.70. The van der Waals surface area contributed by atoms with Crippen molar-refractivity contribution in [2.24, 2.45) is 0 Å². The maximum absolute atomic E-state index is 10.6. The average molecular weight is 258 g/mol. The van der Waals surface area contributed by atoms with E-state index < -0.39 is 4.92 Å². The van der Waals surface area contributed by atoms with E-state index in [2.05, 4.69) is 6.92 Å². The summed E-state index contributed by atoms with van der Waals surface area (Å²) in [5, 5.41) is 10.6. The Kier molecular flexibility index (Phi) is 5.22. The highest BCUT2D eigenvalue weighted by molar-refractivity contribution is 6.17. The molecule has 1 atom stereocenters. The monoisotopic (exact) mass is 257 g/mol. The summed E-state index contributed by atoms with van der Waals surface area (Å²) in [5.41, 5.74) is 0.694. The summed E-state index contributed by atoms with van der Waals surface area (Å²) in [6, 6.07) is 4.51. The van der Waals surface area contributed by atoms with E-state index in [1.165, 1.54) is 12.1 Å². The molecule has 4 nitrogen and oxygen atoms in total. The highest BCUT2D eigenvalue weighted by atomic mass is 35.5. The second kappa shape index (κ2) is 6.45. The van der Waals surface area contributed by atoms with E-state index in [1.807, 2.05) is 6.92 Å². The first-order valence-electron chi connectivity index (χ1n) is 5.58. The molecular formula is C12H16ClNO3. The number of ether oxygens (including phenoxy) is 1. The summed E-state index contributed by atoms with van der Waals surface area (Å²) >= 11 is 5.77. The topological polar surface area (TPSA) is 52.4 Å². The highest BCUT2D eigenvalue weighted by Gasteiger charge is 2.12. The second-order valence-electron chi connectivity index (χ2n) is 3.90. The molecule has 0 saturated heterocycles. The fourth-order valence-corrected chi connectivity index (χ4v) is 1.79. The SMILES string of the molecule is CCCC(C)Oc1ccc([N+](=O)[O-])cc1CCl. The van der Waals surface area contributed by atoms with Crippen molar-refractivity contribution >= 4 is 17.3 Å². The lowest BCUT2D eigenvalue weighted by Crippen LogP contribution is -2.12. The summed E-state index contributed by atoms with van der Waals surface area (Å²) in [7, 11) is 0. The fourth-order valence-electron chi connectivity index (χ4n) is 1.58. The first kappa shape index (κ1) is 13.8. The molecule has 0 saturated carbocycles. The normalized spacial score (nSPS) is 12.2.